The Balaban J connectivity index is 1.52. The minimum Gasteiger partial charge on any atom is -0.393 e. The van der Waals surface area contributed by atoms with Crippen molar-refractivity contribution in [2.45, 2.75) is 75.9 Å². The lowest BCUT2D eigenvalue weighted by atomic mass is 9.75. The summed E-state index contributed by atoms with van der Waals surface area (Å²) < 4.78 is 11.6. The molecule has 0 amide bonds. The van der Waals surface area contributed by atoms with Crippen molar-refractivity contribution in [2.75, 3.05) is 19.8 Å². The first-order valence-electron chi connectivity index (χ1n) is 8.67. The summed E-state index contributed by atoms with van der Waals surface area (Å²) in [6.45, 7) is 2.48. The lowest BCUT2D eigenvalue weighted by Crippen LogP contribution is -2.46. The van der Waals surface area contributed by atoms with Gasteiger partial charge < -0.3 is 14.6 Å². The maximum atomic E-state index is 10.7. The van der Waals surface area contributed by atoms with E-state index in [1.807, 2.05) is 0 Å². The number of aliphatic hydroxyl groups is 1. The van der Waals surface area contributed by atoms with Gasteiger partial charge in [-0.05, 0) is 43.9 Å². The van der Waals surface area contributed by atoms with Crippen LogP contribution in [0.2, 0.25) is 0 Å². The molecule has 1 saturated carbocycles. The third-order valence-electron chi connectivity index (χ3n) is 5.78. The Morgan fingerprint density at radius 2 is 1.75 bits per heavy atom. The molecule has 0 radical (unpaired) electrons. The minimum atomic E-state index is -0.110. The Hall–Kier alpha value is -0.120. The summed E-state index contributed by atoms with van der Waals surface area (Å²) in [7, 11) is 0. The van der Waals surface area contributed by atoms with Gasteiger partial charge in [0.2, 0.25) is 0 Å². The van der Waals surface area contributed by atoms with Crippen LogP contribution in [0, 0.1) is 11.8 Å². The van der Waals surface area contributed by atoms with Crippen molar-refractivity contribution in [1.82, 2.24) is 0 Å². The topological polar surface area (TPSA) is 38.7 Å². The first-order valence-corrected chi connectivity index (χ1v) is 8.67. The Labute approximate surface area is 123 Å². The Morgan fingerprint density at radius 1 is 1.00 bits per heavy atom. The molecule has 2 unspecified atom stereocenters. The minimum absolute atomic E-state index is 0.0225. The Bertz CT molecular complexity index is 287. The first kappa shape index (κ1) is 14.8. The van der Waals surface area contributed by atoms with Gasteiger partial charge in [-0.1, -0.05) is 32.1 Å². The largest absolute Gasteiger partial charge is 0.393 e. The van der Waals surface area contributed by atoms with Crippen molar-refractivity contribution < 1.29 is 14.6 Å². The molecule has 3 rings (SSSR count). The summed E-state index contributed by atoms with van der Waals surface area (Å²) in [6.07, 6.45) is 11.8. The van der Waals surface area contributed by atoms with Gasteiger partial charge in [0.15, 0.2) is 0 Å². The van der Waals surface area contributed by atoms with Crippen LogP contribution in [0.3, 0.4) is 0 Å². The van der Waals surface area contributed by atoms with Gasteiger partial charge in [-0.2, -0.15) is 0 Å². The number of rotatable bonds is 3. The molecule has 116 valence electrons. The van der Waals surface area contributed by atoms with Gasteiger partial charge in [-0.3, -0.25) is 0 Å². The van der Waals surface area contributed by atoms with Crippen LogP contribution in [0.15, 0.2) is 0 Å². The average molecular weight is 282 g/mol. The van der Waals surface area contributed by atoms with Crippen LogP contribution in [-0.4, -0.2) is 36.6 Å². The highest BCUT2D eigenvalue weighted by molar-refractivity contribution is 4.91. The van der Waals surface area contributed by atoms with E-state index in [1.54, 1.807) is 0 Å². The number of aliphatic hydroxyl groups excluding tert-OH is 1. The normalized spacial score (nSPS) is 33.1. The van der Waals surface area contributed by atoms with E-state index in [4.69, 9.17) is 9.47 Å². The predicted octanol–water partition coefficient (Wildman–Crippen LogP) is 3.29. The summed E-state index contributed by atoms with van der Waals surface area (Å²) >= 11 is 0. The van der Waals surface area contributed by atoms with Crippen molar-refractivity contribution in [1.29, 1.82) is 0 Å². The van der Waals surface area contributed by atoms with Crippen molar-refractivity contribution in [2.24, 2.45) is 11.8 Å². The molecule has 1 N–H and O–H groups in total. The van der Waals surface area contributed by atoms with E-state index in [0.717, 1.165) is 57.8 Å². The molecule has 3 heteroatoms. The van der Waals surface area contributed by atoms with Crippen molar-refractivity contribution in [3.05, 3.63) is 0 Å². The number of ether oxygens (including phenoxy) is 2. The average Bonchev–Trinajstić information content (AvgIpc) is 2.49. The van der Waals surface area contributed by atoms with E-state index in [-0.39, 0.29) is 11.7 Å². The molecule has 20 heavy (non-hydrogen) atoms. The van der Waals surface area contributed by atoms with Gasteiger partial charge in [-0.15, -0.1) is 0 Å². The second-order valence-electron chi connectivity index (χ2n) is 7.20. The Kier molecular flexibility index (Phi) is 5.00. The van der Waals surface area contributed by atoms with Crippen LogP contribution >= 0.6 is 0 Å². The lowest BCUT2D eigenvalue weighted by molar-refractivity contribution is -0.159. The molecule has 2 heterocycles. The van der Waals surface area contributed by atoms with E-state index in [9.17, 15) is 5.11 Å². The zero-order valence-electron chi connectivity index (χ0n) is 12.7. The SMILES string of the molecule is OC(CC1CCCCC1)C1CCOC2(CCOCC2)C1. The van der Waals surface area contributed by atoms with Crippen LogP contribution in [0.1, 0.15) is 64.2 Å². The van der Waals surface area contributed by atoms with Gasteiger partial charge in [0.1, 0.15) is 0 Å². The van der Waals surface area contributed by atoms with Gasteiger partial charge in [0.25, 0.3) is 0 Å². The molecular formula is C17H30O3. The highest BCUT2D eigenvalue weighted by atomic mass is 16.5. The fourth-order valence-electron chi connectivity index (χ4n) is 4.44. The molecule has 1 spiro atoms. The second kappa shape index (κ2) is 6.76. The molecule has 3 fully saturated rings. The van der Waals surface area contributed by atoms with E-state index in [2.05, 4.69) is 0 Å². The van der Waals surface area contributed by atoms with Gasteiger partial charge >= 0.3 is 0 Å². The molecule has 0 aromatic heterocycles. The monoisotopic (exact) mass is 282 g/mol. The number of hydrogen-bond donors (Lipinski definition) is 1. The van der Waals surface area contributed by atoms with Crippen LogP contribution in [0.5, 0.6) is 0 Å². The number of hydrogen-bond acceptors (Lipinski definition) is 3. The quantitative estimate of drug-likeness (QED) is 0.863. The van der Waals surface area contributed by atoms with E-state index >= 15 is 0 Å². The van der Waals surface area contributed by atoms with E-state index < -0.39 is 0 Å². The fraction of sp³-hybridized carbons (Fsp3) is 1.00. The second-order valence-corrected chi connectivity index (χ2v) is 7.20. The third-order valence-corrected chi connectivity index (χ3v) is 5.78. The summed E-state index contributed by atoms with van der Waals surface area (Å²) in [5, 5.41) is 10.7. The van der Waals surface area contributed by atoms with E-state index in [0.29, 0.717) is 5.92 Å². The third kappa shape index (κ3) is 3.55. The van der Waals surface area contributed by atoms with Gasteiger partial charge in [0.05, 0.1) is 11.7 Å². The van der Waals surface area contributed by atoms with Gasteiger partial charge in [0, 0.05) is 19.8 Å². The van der Waals surface area contributed by atoms with Crippen LogP contribution in [0.25, 0.3) is 0 Å². The maximum Gasteiger partial charge on any atom is 0.0730 e. The molecule has 0 bridgehead atoms. The molecule has 0 aromatic carbocycles. The summed E-state index contributed by atoms with van der Waals surface area (Å²) in [4.78, 5) is 0. The highest BCUT2D eigenvalue weighted by Crippen LogP contribution is 2.40. The summed E-state index contributed by atoms with van der Waals surface area (Å²) in [5.74, 6) is 1.22. The van der Waals surface area contributed by atoms with Crippen molar-refractivity contribution >= 4 is 0 Å². The standard InChI is InChI=1S/C17H30O3/c18-16(12-14-4-2-1-3-5-14)15-6-9-20-17(13-15)7-10-19-11-8-17/h14-16,18H,1-13H2. The molecule has 1 aliphatic carbocycles. The molecule has 2 saturated heterocycles. The van der Waals surface area contributed by atoms with Crippen molar-refractivity contribution in [3.8, 4) is 0 Å². The molecule has 0 aromatic rings. The fourth-order valence-corrected chi connectivity index (χ4v) is 4.44. The lowest BCUT2D eigenvalue weighted by Gasteiger charge is -2.45. The summed E-state index contributed by atoms with van der Waals surface area (Å²) in [5.41, 5.74) is 0.0225. The summed E-state index contributed by atoms with van der Waals surface area (Å²) in [6, 6.07) is 0. The smallest absolute Gasteiger partial charge is 0.0730 e. The zero-order chi connectivity index (χ0) is 13.8. The predicted molar refractivity (Wildman–Crippen MR) is 78.7 cm³/mol. The molecule has 2 aliphatic heterocycles. The van der Waals surface area contributed by atoms with Gasteiger partial charge in [-0.25, -0.2) is 0 Å². The maximum absolute atomic E-state index is 10.7. The molecule has 3 nitrogen and oxygen atoms in total. The van der Waals surface area contributed by atoms with E-state index in [1.165, 1.54) is 32.1 Å². The van der Waals surface area contributed by atoms with Crippen molar-refractivity contribution in [3.63, 3.8) is 0 Å². The van der Waals surface area contributed by atoms with Crippen LogP contribution in [0.4, 0.5) is 0 Å². The van der Waals surface area contributed by atoms with Crippen LogP contribution in [-0.2, 0) is 9.47 Å². The van der Waals surface area contributed by atoms with Crippen LogP contribution < -0.4 is 0 Å². The molecular weight excluding hydrogens is 252 g/mol. The Morgan fingerprint density at radius 3 is 2.50 bits per heavy atom. The molecule has 2 atom stereocenters. The zero-order valence-corrected chi connectivity index (χ0v) is 12.7. The first-order chi connectivity index (χ1) is 9.77. The molecule has 3 aliphatic rings. The highest BCUT2D eigenvalue weighted by Gasteiger charge is 2.41.